The maximum absolute atomic E-state index is 6.87. The average Bonchev–Trinajstić information content (AvgIpc) is 3.90. The number of fused-ring (bicyclic) bond motifs is 12. The van der Waals surface area contributed by atoms with Gasteiger partial charge in [0.1, 0.15) is 22.4 Å². The summed E-state index contributed by atoms with van der Waals surface area (Å²) in [5.41, 5.74) is 9.78. The molecule has 0 atom stereocenters. The molecule has 0 bridgehead atoms. The molecule has 0 saturated carbocycles. The van der Waals surface area contributed by atoms with Gasteiger partial charge in [-0.1, -0.05) is 115 Å². The van der Waals surface area contributed by atoms with Crippen molar-refractivity contribution in [2.24, 2.45) is 0 Å². The van der Waals surface area contributed by atoms with Crippen LogP contribution in [0, 0.1) is 0 Å². The first kappa shape index (κ1) is 28.5. The summed E-state index contributed by atoms with van der Waals surface area (Å²) in [5, 5.41) is 10.3. The molecule has 53 heavy (non-hydrogen) atoms. The normalized spacial score (nSPS) is 12.2. The van der Waals surface area contributed by atoms with Crippen molar-refractivity contribution in [2.75, 3.05) is 0 Å². The first-order valence-electron chi connectivity index (χ1n) is 17.8. The topological polar surface area (TPSA) is 57.0 Å². The molecule has 5 heteroatoms. The second-order valence-corrected chi connectivity index (χ2v) is 13.7. The van der Waals surface area contributed by atoms with Gasteiger partial charge in [0, 0.05) is 38.1 Å². The molecule has 0 fully saturated rings. The summed E-state index contributed by atoms with van der Waals surface area (Å²) in [5.74, 6) is 0.615. The van der Waals surface area contributed by atoms with Gasteiger partial charge in [0.25, 0.3) is 0 Å². The minimum absolute atomic E-state index is 0.615. The Balaban J connectivity index is 1.08. The predicted molar refractivity (Wildman–Crippen MR) is 217 cm³/mol. The van der Waals surface area contributed by atoms with Gasteiger partial charge < -0.3 is 13.4 Å². The molecule has 8 aromatic carbocycles. The fraction of sp³-hybridized carbons (Fsp3) is 0. The van der Waals surface area contributed by atoms with E-state index in [-0.39, 0.29) is 0 Å². The molecule has 0 unspecified atom stereocenters. The van der Waals surface area contributed by atoms with Crippen molar-refractivity contribution >= 4 is 87.4 Å². The van der Waals surface area contributed by atoms with Crippen molar-refractivity contribution in [3.8, 4) is 28.3 Å². The molecule has 0 amide bonds. The molecule has 0 saturated heterocycles. The average molecular weight is 678 g/mol. The van der Waals surface area contributed by atoms with E-state index in [1.165, 1.54) is 26.9 Å². The van der Waals surface area contributed by atoms with Crippen LogP contribution in [0.4, 0.5) is 0 Å². The molecule has 0 radical (unpaired) electrons. The maximum Gasteiger partial charge on any atom is 0.180 e. The van der Waals surface area contributed by atoms with Gasteiger partial charge in [0.15, 0.2) is 17.0 Å². The second-order valence-electron chi connectivity index (χ2n) is 13.7. The lowest BCUT2D eigenvalue weighted by Crippen LogP contribution is -1.94. The highest BCUT2D eigenvalue weighted by molar-refractivity contribution is 6.22. The molecule has 0 aliphatic carbocycles. The number of benzene rings is 8. The van der Waals surface area contributed by atoms with E-state index in [9.17, 15) is 0 Å². The minimum Gasteiger partial charge on any atom is -0.454 e. The first-order chi connectivity index (χ1) is 26.3. The van der Waals surface area contributed by atoms with Gasteiger partial charge in [-0.25, -0.2) is 9.97 Å². The Kier molecular flexibility index (Phi) is 5.71. The molecule has 246 valence electrons. The number of rotatable bonds is 3. The van der Waals surface area contributed by atoms with Crippen molar-refractivity contribution in [3.63, 3.8) is 0 Å². The SMILES string of the molecule is c1ccc2cc(-c3nc(-c4ccc5c(c4)oc4c(-n6c7ccccc7c7c8ccccc8ccc76)cccc45)nc4c3oc3ccccc34)ccc2c1. The van der Waals surface area contributed by atoms with Gasteiger partial charge in [-0.05, 0) is 70.1 Å². The molecule has 12 aromatic rings. The Morgan fingerprint density at radius 3 is 2.06 bits per heavy atom. The van der Waals surface area contributed by atoms with Crippen molar-refractivity contribution < 1.29 is 8.83 Å². The lowest BCUT2D eigenvalue weighted by atomic mass is 10.0. The first-order valence-corrected chi connectivity index (χ1v) is 17.8. The van der Waals surface area contributed by atoms with Crippen LogP contribution >= 0.6 is 0 Å². The summed E-state index contributed by atoms with van der Waals surface area (Å²) in [6.07, 6.45) is 0. The molecule has 0 spiro atoms. The van der Waals surface area contributed by atoms with Gasteiger partial charge in [-0.3, -0.25) is 0 Å². The third kappa shape index (κ3) is 4.07. The molecule has 5 nitrogen and oxygen atoms in total. The Bertz CT molecular complexity index is 3480. The maximum atomic E-state index is 6.87. The van der Waals surface area contributed by atoms with E-state index in [1.54, 1.807) is 0 Å². The summed E-state index contributed by atoms with van der Waals surface area (Å²) in [7, 11) is 0. The van der Waals surface area contributed by atoms with E-state index in [4.69, 9.17) is 18.8 Å². The fourth-order valence-electron chi connectivity index (χ4n) is 8.35. The Morgan fingerprint density at radius 2 is 1.13 bits per heavy atom. The molecule has 4 heterocycles. The highest BCUT2D eigenvalue weighted by Gasteiger charge is 2.21. The van der Waals surface area contributed by atoms with Crippen LogP contribution < -0.4 is 0 Å². The number of nitrogens with zero attached hydrogens (tertiary/aromatic N) is 3. The van der Waals surface area contributed by atoms with E-state index in [2.05, 4.69) is 150 Å². The molecular formula is C48H27N3O2. The van der Waals surface area contributed by atoms with E-state index in [1.807, 2.05) is 18.2 Å². The Hall–Kier alpha value is -7.24. The van der Waals surface area contributed by atoms with Crippen LogP contribution in [-0.2, 0) is 0 Å². The van der Waals surface area contributed by atoms with Crippen LogP contribution in [0.1, 0.15) is 0 Å². The number of hydrogen-bond acceptors (Lipinski definition) is 4. The standard InChI is InChI=1S/C48H27N3O2/c1-2-12-30-26-31(21-20-28(30)10-1)44-47-45(37-15-6-8-19-41(37)52-47)50-48(49-44)32-22-24-34-35-16-9-18-40(46(35)53-42(34)27-32)51-38-17-7-5-14-36(38)43-33-13-4-3-11-29(33)23-25-39(43)51/h1-27H. The highest BCUT2D eigenvalue weighted by Crippen LogP contribution is 2.42. The van der Waals surface area contributed by atoms with Crippen LogP contribution in [0.3, 0.4) is 0 Å². The number of furan rings is 2. The van der Waals surface area contributed by atoms with E-state index in [0.29, 0.717) is 11.4 Å². The van der Waals surface area contributed by atoms with Gasteiger partial charge in [-0.2, -0.15) is 0 Å². The smallest absolute Gasteiger partial charge is 0.180 e. The van der Waals surface area contributed by atoms with E-state index < -0.39 is 0 Å². The number of hydrogen-bond donors (Lipinski definition) is 0. The zero-order valence-corrected chi connectivity index (χ0v) is 28.2. The van der Waals surface area contributed by atoms with Crippen LogP contribution in [0.2, 0.25) is 0 Å². The number of aromatic nitrogens is 3. The molecule has 4 aromatic heterocycles. The van der Waals surface area contributed by atoms with Gasteiger partial charge in [0.05, 0.1) is 16.7 Å². The lowest BCUT2D eigenvalue weighted by molar-refractivity contribution is 0.666. The van der Waals surface area contributed by atoms with Crippen molar-refractivity contribution in [1.82, 2.24) is 14.5 Å². The molecule has 12 rings (SSSR count). The summed E-state index contributed by atoms with van der Waals surface area (Å²) in [6.45, 7) is 0. The summed E-state index contributed by atoms with van der Waals surface area (Å²) < 4.78 is 15.7. The second kappa shape index (κ2) is 10.6. The third-order valence-corrected chi connectivity index (χ3v) is 10.8. The predicted octanol–water partition coefficient (Wildman–Crippen LogP) is 13.0. The Morgan fingerprint density at radius 1 is 0.415 bits per heavy atom. The van der Waals surface area contributed by atoms with Crippen molar-refractivity contribution in [1.29, 1.82) is 0 Å². The summed E-state index contributed by atoms with van der Waals surface area (Å²) in [6, 6.07) is 57.3. The minimum atomic E-state index is 0.615. The quantitative estimate of drug-likeness (QED) is 0.187. The van der Waals surface area contributed by atoms with Gasteiger partial charge >= 0.3 is 0 Å². The van der Waals surface area contributed by atoms with Crippen molar-refractivity contribution in [3.05, 3.63) is 164 Å². The highest BCUT2D eigenvalue weighted by atomic mass is 16.3. The number of para-hydroxylation sites is 3. The van der Waals surface area contributed by atoms with Crippen LogP contribution in [0.5, 0.6) is 0 Å². The zero-order chi connectivity index (χ0) is 34.6. The van der Waals surface area contributed by atoms with Crippen LogP contribution in [-0.4, -0.2) is 14.5 Å². The third-order valence-electron chi connectivity index (χ3n) is 10.8. The summed E-state index contributed by atoms with van der Waals surface area (Å²) in [4.78, 5) is 10.3. The lowest BCUT2D eigenvalue weighted by Gasteiger charge is -2.09. The molecule has 0 N–H and O–H groups in total. The van der Waals surface area contributed by atoms with Crippen molar-refractivity contribution in [2.45, 2.75) is 0 Å². The Labute approximate surface area is 302 Å². The molecular weight excluding hydrogens is 651 g/mol. The molecule has 0 aliphatic rings. The van der Waals surface area contributed by atoms with Gasteiger partial charge in [-0.15, -0.1) is 0 Å². The molecule has 0 aliphatic heterocycles. The van der Waals surface area contributed by atoms with E-state index >= 15 is 0 Å². The largest absolute Gasteiger partial charge is 0.454 e. The van der Waals surface area contributed by atoms with Crippen LogP contribution in [0.15, 0.2) is 173 Å². The van der Waals surface area contributed by atoms with E-state index in [0.717, 1.165) is 77.4 Å². The van der Waals surface area contributed by atoms with Crippen LogP contribution in [0.25, 0.3) is 116 Å². The van der Waals surface area contributed by atoms with Gasteiger partial charge in [0.2, 0.25) is 0 Å². The monoisotopic (exact) mass is 677 g/mol. The summed E-state index contributed by atoms with van der Waals surface area (Å²) >= 11 is 0. The fourth-order valence-corrected chi connectivity index (χ4v) is 8.35. The zero-order valence-electron chi connectivity index (χ0n) is 28.2.